The van der Waals surface area contributed by atoms with Gasteiger partial charge in [-0.1, -0.05) is 6.08 Å². The first kappa shape index (κ1) is 28.5. The van der Waals surface area contributed by atoms with E-state index < -0.39 is 12.3 Å². The smallest absolute Gasteiger partial charge is 0.405 e. The molecule has 1 amide bonds. The summed E-state index contributed by atoms with van der Waals surface area (Å²) in [6.07, 6.45) is 1.63. The Hall–Kier alpha value is -4.58. The average Bonchev–Trinajstić information content (AvgIpc) is 3.56. The number of hydrogen-bond donors (Lipinski definition) is 2. The Labute approximate surface area is 245 Å². The Morgan fingerprint density at radius 2 is 1.98 bits per heavy atom. The van der Waals surface area contributed by atoms with Crippen molar-refractivity contribution in [3.8, 4) is 11.4 Å². The number of amides is 1. The number of carbonyl (C=O) groups is 1. The summed E-state index contributed by atoms with van der Waals surface area (Å²) in [5.74, 6) is -1.19. The molecule has 0 aliphatic carbocycles. The number of carbonyl (C=O) groups excluding carboxylic acids is 1. The number of fused-ring (bicyclic) bond motifs is 2. The number of benzene rings is 1. The topological polar surface area (TPSA) is 107 Å². The predicted octanol–water partition coefficient (Wildman–Crippen LogP) is 4.60. The number of nitrogens with one attached hydrogen (secondary N) is 1. The highest BCUT2D eigenvalue weighted by atomic mass is 19.4. The number of anilines is 1. The summed E-state index contributed by atoms with van der Waals surface area (Å²) in [6, 6.07) is 7.33. The summed E-state index contributed by atoms with van der Waals surface area (Å²) in [5, 5.41) is 4.10. The molecule has 0 saturated carbocycles. The van der Waals surface area contributed by atoms with Gasteiger partial charge in [0.1, 0.15) is 11.4 Å². The normalized spacial score (nSPS) is 15.3. The Morgan fingerprint density at radius 3 is 2.67 bits per heavy atom. The van der Waals surface area contributed by atoms with Gasteiger partial charge in [0, 0.05) is 84.6 Å². The van der Waals surface area contributed by atoms with Gasteiger partial charge in [-0.15, -0.1) is 13.2 Å². The Kier molecular flexibility index (Phi) is 7.04. The molecule has 2 aliphatic heterocycles. The van der Waals surface area contributed by atoms with Gasteiger partial charge in [0.15, 0.2) is 0 Å². The lowest BCUT2D eigenvalue weighted by Crippen LogP contribution is -2.29. The fourth-order valence-electron chi connectivity index (χ4n) is 6.21. The number of aryl methyl sites for hydroxylation is 2. The van der Waals surface area contributed by atoms with E-state index in [9.17, 15) is 22.8 Å². The van der Waals surface area contributed by atoms with Gasteiger partial charge >= 0.3 is 6.36 Å². The molecule has 12 heteroatoms. The van der Waals surface area contributed by atoms with Crippen LogP contribution >= 0.6 is 0 Å². The second-order valence-electron chi connectivity index (χ2n) is 11.0. The maximum absolute atomic E-state index is 13.4. The second kappa shape index (κ2) is 10.6. The highest BCUT2D eigenvalue weighted by molar-refractivity contribution is 5.96. The van der Waals surface area contributed by atoms with Gasteiger partial charge in [0.2, 0.25) is 5.91 Å². The maximum atomic E-state index is 13.4. The van der Waals surface area contributed by atoms with E-state index >= 15 is 0 Å². The molecule has 1 aromatic carbocycles. The molecule has 0 bridgehead atoms. The molecule has 9 nitrogen and oxygen atoms in total. The third-order valence-corrected chi connectivity index (χ3v) is 8.36. The molecule has 0 unspecified atom stereocenters. The van der Waals surface area contributed by atoms with Crippen molar-refractivity contribution < 1.29 is 22.7 Å². The van der Waals surface area contributed by atoms with Crippen molar-refractivity contribution in [3.05, 3.63) is 86.6 Å². The van der Waals surface area contributed by atoms with Crippen molar-refractivity contribution >= 4 is 28.2 Å². The second-order valence-corrected chi connectivity index (χ2v) is 11.0. The summed E-state index contributed by atoms with van der Waals surface area (Å²) in [5.41, 5.74) is 11.1. The van der Waals surface area contributed by atoms with Crippen LogP contribution < -0.4 is 21.3 Å². The van der Waals surface area contributed by atoms with Crippen LogP contribution in [0, 0.1) is 13.8 Å². The zero-order chi connectivity index (χ0) is 30.6. The zero-order valence-electron chi connectivity index (χ0n) is 24.0. The molecule has 6 rings (SSSR count). The molecule has 43 heavy (non-hydrogen) atoms. The molecule has 0 spiro atoms. The van der Waals surface area contributed by atoms with Crippen molar-refractivity contribution in [3.63, 3.8) is 0 Å². The van der Waals surface area contributed by atoms with Crippen LogP contribution in [0.3, 0.4) is 0 Å². The third kappa shape index (κ3) is 5.16. The Morgan fingerprint density at radius 1 is 1.19 bits per heavy atom. The lowest BCUT2D eigenvalue weighted by molar-refractivity contribution is -0.275. The zero-order valence-corrected chi connectivity index (χ0v) is 24.0. The molecule has 4 aromatic rings. The largest absolute Gasteiger partial charge is 0.573 e. The van der Waals surface area contributed by atoms with Crippen molar-refractivity contribution in [2.45, 2.75) is 39.6 Å². The molecule has 3 N–H and O–H groups in total. The molecular weight excluding hydrogens is 561 g/mol. The van der Waals surface area contributed by atoms with E-state index in [2.05, 4.69) is 19.9 Å². The summed E-state index contributed by atoms with van der Waals surface area (Å²) < 4.78 is 48.3. The van der Waals surface area contributed by atoms with E-state index in [-0.39, 0.29) is 22.4 Å². The number of halogens is 3. The average molecular weight is 593 g/mol. The minimum atomic E-state index is -4.92. The van der Waals surface area contributed by atoms with Crippen LogP contribution in [-0.2, 0) is 20.0 Å². The number of pyridine rings is 2. The van der Waals surface area contributed by atoms with Gasteiger partial charge in [0.05, 0.1) is 5.69 Å². The van der Waals surface area contributed by atoms with Crippen LogP contribution in [0.2, 0.25) is 0 Å². The monoisotopic (exact) mass is 592 g/mol. The molecular formula is C31H31F3N6O3. The minimum absolute atomic E-state index is 0.00103. The summed E-state index contributed by atoms with van der Waals surface area (Å²) >= 11 is 0. The van der Waals surface area contributed by atoms with Gasteiger partial charge < -0.3 is 20.4 Å². The summed E-state index contributed by atoms with van der Waals surface area (Å²) in [4.78, 5) is 31.9. The first-order valence-electron chi connectivity index (χ1n) is 14.0. The van der Waals surface area contributed by atoms with Crippen molar-refractivity contribution in [1.29, 1.82) is 0 Å². The molecule has 0 saturated heterocycles. The van der Waals surface area contributed by atoms with E-state index in [4.69, 9.17) is 5.73 Å². The number of hydrogen-bond acceptors (Lipinski definition) is 6. The SMILES string of the molecule is Cc1cc(C(N)=O)c(C)c(OC(F)(F)F)c1C1=CCN(Cc2cc3c(-n4ccc5c(c4=O)CCN5)ccnc3n2C)CC1. The molecule has 5 heterocycles. The van der Waals surface area contributed by atoms with Crippen LogP contribution in [0.15, 0.2) is 47.5 Å². The van der Waals surface area contributed by atoms with E-state index in [0.29, 0.717) is 43.6 Å². The standard InChI is InChI=1S/C31H31F3N6O3/c1-17-14-22(28(35)41)18(2)27(43-31(32,33)34)26(17)19-6-11-39(12-7-19)16-20-15-23-25(5-10-37-29(23)38(20)3)40-13-8-24-21(30(40)42)4-9-36-24/h5-6,8,10,13-15,36H,4,7,9,11-12,16H2,1-3H3,(H2,35,41). The van der Waals surface area contributed by atoms with Crippen LogP contribution in [0.1, 0.15) is 44.7 Å². The van der Waals surface area contributed by atoms with Gasteiger partial charge in [-0.2, -0.15) is 0 Å². The molecule has 2 aliphatic rings. The number of ether oxygens (including phenoxy) is 1. The number of rotatable bonds is 6. The first-order chi connectivity index (χ1) is 20.4. The van der Waals surface area contributed by atoms with E-state index in [1.54, 1.807) is 23.9 Å². The van der Waals surface area contributed by atoms with Crippen LogP contribution in [0.5, 0.6) is 5.75 Å². The molecule has 224 valence electrons. The predicted molar refractivity (Wildman–Crippen MR) is 157 cm³/mol. The number of alkyl halides is 3. The highest BCUT2D eigenvalue weighted by Crippen LogP contribution is 2.40. The third-order valence-electron chi connectivity index (χ3n) is 8.36. The van der Waals surface area contributed by atoms with E-state index in [1.165, 1.54) is 13.0 Å². The van der Waals surface area contributed by atoms with Gasteiger partial charge in [-0.3, -0.25) is 19.1 Å². The quantitative estimate of drug-likeness (QED) is 0.339. The fraction of sp³-hybridized carbons (Fsp3) is 0.323. The number of primary amides is 1. The fourth-order valence-corrected chi connectivity index (χ4v) is 6.21. The van der Waals surface area contributed by atoms with Crippen LogP contribution in [-0.4, -0.2) is 50.9 Å². The highest BCUT2D eigenvalue weighted by Gasteiger charge is 2.35. The minimum Gasteiger partial charge on any atom is -0.405 e. The van der Waals surface area contributed by atoms with Crippen molar-refractivity contribution in [1.82, 2.24) is 19.0 Å². The Bertz CT molecular complexity index is 1870. The maximum Gasteiger partial charge on any atom is 0.573 e. The number of nitrogens with zero attached hydrogens (tertiary/aromatic N) is 4. The number of aromatic nitrogens is 3. The number of nitrogens with two attached hydrogens (primary N) is 1. The van der Waals surface area contributed by atoms with E-state index in [0.717, 1.165) is 45.8 Å². The lowest BCUT2D eigenvalue weighted by atomic mass is 9.90. The summed E-state index contributed by atoms with van der Waals surface area (Å²) in [7, 11) is 1.93. The lowest BCUT2D eigenvalue weighted by Gasteiger charge is -2.28. The summed E-state index contributed by atoms with van der Waals surface area (Å²) in [6.45, 7) is 5.47. The Balaban J connectivity index is 1.29. The molecule has 0 fully saturated rings. The molecule has 3 aromatic heterocycles. The molecule has 0 radical (unpaired) electrons. The van der Waals surface area contributed by atoms with Crippen molar-refractivity contribution in [2.24, 2.45) is 12.8 Å². The molecule has 0 atom stereocenters. The van der Waals surface area contributed by atoms with Gasteiger partial charge in [-0.25, -0.2) is 4.98 Å². The van der Waals surface area contributed by atoms with Crippen LogP contribution in [0.25, 0.3) is 22.3 Å². The van der Waals surface area contributed by atoms with Crippen LogP contribution in [0.4, 0.5) is 18.9 Å². The van der Waals surface area contributed by atoms with Gasteiger partial charge in [-0.05, 0) is 62.1 Å². The van der Waals surface area contributed by atoms with Crippen molar-refractivity contribution in [2.75, 3.05) is 25.0 Å². The first-order valence-corrected chi connectivity index (χ1v) is 14.0. The van der Waals surface area contributed by atoms with Gasteiger partial charge in [0.25, 0.3) is 5.56 Å². The van der Waals surface area contributed by atoms with E-state index in [1.807, 2.05) is 35.9 Å².